The number of nitrogens with zero attached hydrogens (tertiary/aromatic N) is 14. The minimum atomic E-state index is -0.722. The third kappa shape index (κ3) is 15.0. The second kappa shape index (κ2) is 32.2. The number of carbonyl (C=O) groups is 3. The second-order valence-electron chi connectivity index (χ2n) is 29.4. The number of nitrogens with one attached hydrogen (secondary N) is 3. The van der Waals surface area contributed by atoms with Gasteiger partial charge >= 0.3 is 0 Å². The summed E-state index contributed by atoms with van der Waals surface area (Å²) in [5.74, 6) is 3.87. The molecule has 6 aliphatic heterocycles. The molecule has 18 rings (SSSR count). The van der Waals surface area contributed by atoms with Crippen molar-refractivity contribution in [3.63, 3.8) is 0 Å². The van der Waals surface area contributed by atoms with Crippen LogP contribution in [-0.2, 0) is 48.2 Å². The number of rotatable bonds is 20. The molecule has 12 aromatic rings. The lowest BCUT2D eigenvalue weighted by Crippen LogP contribution is -2.42. The lowest BCUT2D eigenvalue weighted by Gasteiger charge is -2.22. The van der Waals surface area contributed by atoms with Gasteiger partial charge in [0.2, 0.25) is 11.6 Å². The predicted octanol–water partition coefficient (Wildman–Crippen LogP) is 15.5. The van der Waals surface area contributed by atoms with E-state index in [0.29, 0.717) is 90.2 Å². The van der Waals surface area contributed by atoms with E-state index in [4.69, 9.17) is 29.2 Å². The van der Waals surface area contributed by atoms with Gasteiger partial charge in [-0.1, -0.05) is 202 Å². The van der Waals surface area contributed by atoms with Crippen LogP contribution in [0.5, 0.6) is 0 Å². The summed E-state index contributed by atoms with van der Waals surface area (Å²) in [6.07, 6.45) is 7.88. The van der Waals surface area contributed by atoms with Crippen molar-refractivity contribution in [1.82, 2.24) is 71.4 Å². The highest BCUT2D eigenvalue weighted by atomic mass is 16.5. The lowest BCUT2D eigenvalue weighted by atomic mass is 9.92. The van der Waals surface area contributed by atoms with Crippen molar-refractivity contribution in [2.75, 3.05) is 39.6 Å². The van der Waals surface area contributed by atoms with Crippen molar-refractivity contribution < 1.29 is 28.6 Å². The first-order chi connectivity index (χ1) is 54.8. The van der Waals surface area contributed by atoms with E-state index in [1.165, 1.54) is 16.7 Å². The van der Waals surface area contributed by atoms with Crippen LogP contribution in [0.4, 0.5) is 0 Å². The molecule has 3 N–H and O–H groups in total. The molecule has 6 aliphatic rings. The molecule has 0 aliphatic carbocycles. The maximum absolute atomic E-state index is 13.4. The minimum absolute atomic E-state index is 0.0600. The fourth-order valence-electron chi connectivity index (χ4n) is 15.8. The summed E-state index contributed by atoms with van der Waals surface area (Å²) < 4.78 is 16.6. The van der Waals surface area contributed by atoms with Gasteiger partial charge in [0.25, 0.3) is 17.7 Å². The summed E-state index contributed by atoms with van der Waals surface area (Å²) in [4.78, 5) is 60.1. The first kappa shape index (κ1) is 73.7. The van der Waals surface area contributed by atoms with E-state index in [9.17, 15) is 14.4 Å². The van der Waals surface area contributed by atoms with E-state index in [2.05, 4.69) is 266 Å². The average molecular weight is 1490 g/mol. The van der Waals surface area contributed by atoms with Gasteiger partial charge in [-0.25, -0.2) is 0 Å². The number of hydrogen-bond donors (Lipinski definition) is 3. The van der Waals surface area contributed by atoms with E-state index in [-0.39, 0.29) is 17.7 Å². The van der Waals surface area contributed by atoms with Gasteiger partial charge in [0.15, 0.2) is 16.6 Å². The zero-order chi connectivity index (χ0) is 76.8. The molecule has 3 atom stereocenters. The number of aliphatic imine (C=N–C) groups is 3. The van der Waals surface area contributed by atoms with Crippen LogP contribution in [0, 0.1) is 13.8 Å². The van der Waals surface area contributed by atoms with Crippen LogP contribution >= 0.6 is 0 Å². The Bertz CT molecular complexity index is 5460. The summed E-state index contributed by atoms with van der Waals surface area (Å²) in [5.41, 5.74) is 20.2. The number of amides is 3. The highest BCUT2D eigenvalue weighted by Gasteiger charge is 2.53. The van der Waals surface area contributed by atoms with Gasteiger partial charge in [0.05, 0.1) is 45.7 Å². The highest BCUT2D eigenvalue weighted by Crippen LogP contribution is 2.42. The zero-order valence-corrected chi connectivity index (χ0v) is 63.4. The van der Waals surface area contributed by atoms with Gasteiger partial charge in [-0.3, -0.25) is 44.1 Å². The van der Waals surface area contributed by atoms with Gasteiger partial charge in [-0.15, -0.1) is 20.4 Å². The molecule has 0 radical (unpaired) electrons. The van der Waals surface area contributed by atoms with Crippen molar-refractivity contribution in [3.05, 3.63) is 240 Å². The maximum atomic E-state index is 13.4. The molecule has 23 heteroatoms. The van der Waals surface area contributed by atoms with Gasteiger partial charge in [-0.05, 0) is 156 Å². The molecule has 3 aromatic heterocycles. The molecule has 9 heterocycles. The second-order valence-corrected chi connectivity index (χ2v) is 29.4. The number of benzene rings is 9. The molecule has 3 spiro atoms. The molecule has 564 valence electrons. The number of ether oxygens (including phenoxy) is 3. The van der Waals surface area contributed by atoms with Crippen molar-refractivity contribution >= 4 is 35.2 Å². The van der Waals surface area contributed by atoms with Crippen LogP contribution < -0.4 is 0 Å². The molecular weight excluding hydrogens is 1400 g/mol. The quantitative estimate of drug-likeness (QED) is 0.0640. The van der Waals surface area contributed by atoms with Crippen molar-refractivity contribution in [3.8, 4) is 101 Å². The van der Waals surface area contributed by atoms with Crippen molar-refractivity contribution in [2.24, 2.45) is 15.0 Å². The number of aromatic amines is 3. The number of H-pyrrole nitrogens is 3. The summed E-state index contributed by atoms with van der Waals surface area (Å²) >= 11 is 0. The van der Waals surface area contributed by atoms with Crippen molar-refractivity contribution in [2.45, 2.75) is 122 Å². The average Bonchev–Trinajstić information content (AvgIpc) is 1.71. The van der Waals surface area contributed by atoms with Crippen LogP contribution in [0.2, 0.25) is 0 Å². The van der Waals surface area contributed by atoms with Gasteiger partial charge < -0.3 is 14.2 Å². The Kier molecular flexibility index (Phi) is 21.2. The molecule has 0 bridgehead atoms. The number of aryl methyl sites for hydroxylation is 2. The van der Waals surface area contributed by atoms with Crippen molar-refractivity contribution in [1.29, 1.82) is 0 Å². The fraction of sp³-hybridized carbons (Fsp3) is 0.281. The molecule has 9 aromatic carbocycles. The smallest absolute Gasteiger partial charge is 0.258 e. The topological polar surface area (TPSA) is 276 Å². The SMILES string of the molecule is CCC1=NC2(CCOC2)C(=O)N1Cc1ccc(-c2cc(-c3ccccc3)ccc2-c2cn[nH]n2)cc1.CCCC1=NC2(CCOC2)C(=O)N1Cc1ccc(-c2cc(-c3cccc(C)c3)ccc2-c2nn[nH]n2)cc1.CCCC1=NC2(CCOC2)C(=O)N1Cc1ccc(-c2cc(-c3ccccc3C)ccc2-c2nn[nH]n2)cc1. The number of aromatic nitrogens is 11. The standard InChI is InChI=1S/2C30H30N6O2.C29H27N5O2/c1-3-6-27-31-30(15-16-38-19-30)29(37)36(27)18-21-9-11-22(12-10-21)26-17-23(24-8-5-4-7-20(24)2)13-14-25(26)28-32-34-35-33-28;1-3-5-27-31-30(14-15-38-19-30)29(37)36(27)18-21-8-10-22(11-9-21)26-17-24(23-7-4-6-20(2)16-23)12-13-25(26)28-32-34-35-33-28;1-2-27-31-29(14-15-36-19-29)28(35)34(27)18-20-8-10-22(11-9-20)25-16-23(21-6-4-3-5-7-21)12-13-24(25)26-17-30-33-32-26/h4-5,7-14,17H,3,6,15-16,18-19H2,1-2H3,(H,32,33,34,35);4,6-13,16-17H,3,5,14-15,18-19H2,1-2H3,(H,32,33,34,35);3-13,16-17H,2,14-15,18-19H2,1H3,(H,30,32,33). The Morgan fingerprint density at radius 1 is 0.384 bits per heavy atom. The number of tetrazole rings is 2. The predicted molar refractivity (Wildman–Crippen MR) is 432 cm³/mol. The monoisotopic (exact) mass is 1490 g/mol. The third-order valence-electron chi connectivity index (χ3n) is 21.8. The fourth-order valence-corrected chi connectivity index (χ4v) is 15.8. The molecule has 0 saturated carbocycles. The first-order valence-corrected chi connectivity index (χ1v) is 38.5. The summed E-state index contributed by atoms with van der Waals surface area (Å²) in [6, 6.07) is 71.4. The number of hydrogen-bond acceptors (Lipinski definition) is 17. The van der Waals surface area contributed by atoms with Gasteiger partial charge in [0.1, 0.15) is 23.2 Å². The van der Waals surface area contributed by atoms with E-state index in [1.54, 1.807) is 6.20 Å². The molecule has 112 heavy (non-hydrogen) atoms. The Labute approximate surface area is 649 Å². The molecule has 3 saturated heterocycles. The summed E-state index contributed by atoms with van der Waals surface area (Å²) in [7, 11) is 0. The zero-order valence-electron chi connectivity index (χ0n) is 63.4. The third-order valence-corrected chi connectivity index (χ3v) is 21.8. The molecule has 3 unspecified atom stereocenters. The van der Waals surface area contributed by atoms with Crippen LogP contribution in [0.15, 0.2) is 227 Å². The highest BCUT2D eigenvalue weighted by molar-refractivity contribution is 6.10. The summed E-state index contributed by atoms with van der Waals surface area (Å²) in [6.45, 7) is 14.9. The van der Waals surface area contributed by atoms with Crippen LogP contribution in [-0.4, -0.2) is 163 Å². The van der Waals surface area contributed by atoms with E-state index in [1.807, 2.05) is 45.9 Å². The molecule has 3 amide bonds. The van der Waals surface area contributed by atoms with Crippen LogP contribution in [0.25, 0.3) is 101 Å². The lowest BCUT2D eigenvalue weighted by molar-refractivity contribution is -0.132. The number of carbonyl (C=O) groups excluding carboxylic acids is 3. The Morgan fingerprint density at radius 2 is 0.804 bits per heavy atom. The Balaban J connectivity index is 0.000000127. The Morgan fingerprint density at radius 3 is 1.24 bits per heavy atom. The normalized spacial score (nSPS) is 19.1. The van der Waals surface area contributed by atoms with E-state index in [0.717, 1.165) is 150 Å². The van der Waals surface area contributed by atoms with E-state index < -0.39 is 16.6 Å². The van der Waals surface area contributed by atoms with Gasteiger partial charge in [-0.2, -0.15) is 25.8 Å². The van der Waals surface area contributed by atoms with Gasteiger partial charge in [0, 0.05) is 75.0 Å². The first-order valence-electron chi connectivity index (χ1n) is 38.5. The number of amidine groups is 3. The molecule has 23 nitrogen and oxygen atoms in total. The Hall–Kier alpha value is -12.4. The summed E-state index contributed by atoms with van der Waals surface area (Å²) in [5, 5.41) is 40.6. The van der Waals surface area contributed by atoms with E-state index >= 15 is 0 Å². The molecular formula is C89H87N17O6. The van der Waals surface area contributed by atoms with Crippen LogP contribution in [0.1, 0.15) is 100.0 Å². The largest absolute Gasteiger partial charge is 0.378 e. The van der Waals surface area contributed by atoms with Crippen LogP contribution in [0.3, 0.4) is 0 Å². The maximum Gasteiger partial charge on any atom is 0.258 e. The molecule has 3 fully saturated rings. The minimum Gasteiger partial charge on any atom is -0.378 e.